The summed E-state index contributed by atoms with van der Waals surface area (Å²) in [5, 5.41) is 10.8. The van der Waals surface area contributed by atoms with Crippen LogP contribution in [0.4, 0.5) is 5.69 Å². The molecule has 1 atom stereocenters. The maximum atomic E-state index is 11.7. The van der Waals surface area contributed by atoms with Crippen molar-refractivity contribution < 1.29 is 0 Å². The summed E-state index contributed by atoms with van der Waals surface area (Å²) in [6, 6.07) is 0. The molecular weight excluding hydrogens is 296 g/mol. The number of anilines is 1. The van der Waals surface area contributed by atoms with Crippen LogP contribution in [-0.2, 0) is 7.05 Å². The number of aryl methyl sites for hydroxylation is 1. The highest BCUT2D eigenvalue weighted by atomic mass is 79.9. The molecule has 18 heavy (non-hydrogen) atoms. The van der Waals surface area contributed by atoms with E-state index in [2.05, 4.69) is 38.6 Å². The first-order chi connectivity index (χ1) is 8.52. The van der Waals surface area contributed by atoms with Gasteiger partial charge >= 0.3 is 0 Å². The summed E-state index contributed by atoms with van der Waals surface area (Å²) in [6.07, 6.45) is 4.09. The lowest BCUT2D eigenvalue weighted by Gasteiger charge is -2.34. The molecule has 1 aromatic heterocycles. The molecular formula is C12H19BrN4O. The van der Waals surface area contributed by atoms with Gasteiger partial charge in [0.2, 0.25) is 0 Å². The minimum Gasteiger partial charge on any atom is -0.382 e. The first-order valence-electron chi connectivity index (χ1n) is 6.18. The fourth-order valence-electron chi connectivity index (χ4n) is 2.21. The highest BCUT2D eigenvalue weighted by Gasteiger charge is 2.26. The fraction of sp³-hybridized carbons (Fsp3) is 0.667. The van der Waals surface area contributed by atoms with Gasteiger partial charge in [-0.25, -0.2) is 4.68 Å². The second-order valence-corrected chi connectivity index (χ2v) is 6.04. The van der Waals surface area contributed by atoms with Crippen LogP contribution in [0.5, 0.6) is 0 Å². The largest absolute Gasteiger partial charge is 0.382 e. The average molecular weight is 315 g/mol. The summed E-state index contributed by atoms with van der Waals surface area (Å²) in [5.41, 5.74) is 0.885. The van der Waals surface area contributed by atoms with E-state index >= 15 is 0 Å². The first-order valence-corrected chi connectivity index (χ1v) is 6.98. The zero-order valence-corrected chi connectivity index (χ0v) is 12.4. The molecule has 0 aromatic carbocycles. The predicted octanol–water partition coefficient (Wildman–Crippen LogP) is 1.34. The van der Waals surface area contributed by atoms with Crippen molar-refractivity contribution in [2.45, 2.75) is 19.8 Å². The van der Waals surface area contributed by atoms with E-state index in [-0.39, 0.29) is 11.0 Å². The maximum absolute atomic E-state index is 11.7. The standard InChI is InChI=1S/C12H19BrN4O/c1-12(4-3-5-14-7-12)8-15-9-6-16-17(2)11(18)10(9)13/h6,14-15H,3-5,7-8H2,1-2H3. The van der Waals surface area contributed by atoms with Gasteiger partial charge in [0.1, 0.15) is 4.47 Å². The molecule has 1 unspecified atom stereocenters. The lowest BCUT2D eigenvalue weighted by Crippen LogP contribution is -2.42. The van der Waals surface area contributed by atoms with Gasteiger partial charge in [-0.05, 0) is 40.7 Å². The molecule has 100 valence electrons. The van der Waals surface area contributed by atoms with Gasteiger partial charge in [0, 0.05) is 20.1 Å². The highest BCUT2D eigenvalue weighted by molar-refractivity contribution is 9.10. The zero-order chi connectivity index (χ0) is 13.2. The van der Waals surface area contributed by atoms with Crippen LogP contribution in [0.25, 0.3) is 0 Å². The van der Waals surface area contributed by atoms with Gasteiger partial charge in [-0.3, -0.25) is 4.79 Å². The minimum absolute atomic E-state index is 0.119. The molecule has 2 N–H and O–H groups in total. The lowest BCUT2D eigenvalue weighted by molar-refractivity contribution is 0.253. The molecule has 0 amide bonds. The third-order valence-corrected chi connectivity index (χ3v) is 4.24. The SMILES string of the molecule is Cn1ncc(NCC2(C)CCCNC2)c(Br)c1=O. The van der Waals surface area contributed by atoms with Crippen molar-refractivity contribution >= 4 is 21.6 Å². The van der Waals surface area contributed by atoms with E-state index in [9.17, 15) is 4.79 Å². The number of rotatable bonds is 3. The Morgan fingerprint density at radius 3 is 3.11 bits per heavy atom. The molecule has 0 radical (unpaired) electrons. The number of nitrogens with one attached hydrogen (secondary N) is 2. The smallest absolute Gasteiger partial charge is 0.282 e. The zero-order valence-electron chi connectivity index (χ0n) is 10.8. The van der Waals surface area contributed by atoms with E-state index in [0.29, 0.717) is 4.47 Å². The molecule has 6 heteroatoms. The van der Waals surface area contributed by atoms with Gasteiger partial charge in [-0.1, -0.05) is 6.92 Å². The molecule has 1 aliphatic heterocycles. The maximum Gasteiger partial charge on any atom is 0.282 e. The monoisotopic (exact) mass is 314 g/mol. The molecule has 0 spiro atoms. The van der Waals surface area contributed by atoms with Crippen LogP contribution in [0, 0.1) is 5.41 Å². The molecule has 5 nitrogen and oxygen atoms in total. The van der Waals surface area contributed by atoms with Crippen LogP contribution < -0.4 is 16.2 Å². The topological polar surface area (TPSA) is 59.0 Å². The van der Waals surface area contributed by atoms with Crippen molar-refractivity contribution in [1.82, 2.24) is 15.1 Å². The average Bonchev–Trinajstić information content (AvgIpc) is 2.36. The Bertz CT molecular complexity index is 479. The summed E-state index contributed by atoms with van der Waals surface area (Å²) in [5.74, 6) is 0. The third-order valence-electron chi connectivity index (χ3n) is 3.47. The Kier molecular flexibility index (Phi) is 4.07. The van der Waals surface area contributed by atoms with Gasteiger partial charge in [-0.2, -0.15) is 5.10 Å². The molecule has 1 saturated heterocycles. The summed E-state index contributed by atoms with van der Waals surface area (Å²) in [4.78, 5) is 11.7. The van der Waals surface area contributed by atoms with Crippen molar-refractivity contribution in [3.8, 4) is 0 Å². The Hall–Kier alpha value is -0.880. The normalized spacial score (nSPS) is 23.9. The van der Waals surface area contributed by atoms with E-state index in [0.717, 1.165) is 25.3 Å². The Morgan fingerprint density at radius 2 is 2.44 bits per heavy atom. The molecule has 0 saturated carbocycles. The van der Waals surface area contributed by atoms with Crippen LogP contribution >= 0.6 is 15.9 Å². The van der Waals surface area contributed by atoms with Crippen LogP contribution in [-0.4, -0.2) is 29.4 Å². The van der Waals surface area contributed by atoms with Gasteiger partial charge in [-0.15, -0.1) is 0 Å². The Morgan fingerprint density at radius 1 is 1.67 bits per heavy atom. The highest BCUT2D eigenvalue weighted by Crippen LogP contribution is 2.26. The lowest BCUT2D eigenvalue weighted by atomic mass is 9.83. The molecule has 2 rings (SSSR count). The van der Waals surface area contributed by atoms with Crippen molar-refractivity contribution in [2.75, 3.05) is 25.0 Å². The number of nitrogens with zero attached hydrogens (tertiary/aromatic N) is 2. The second-order valence-electron chi connectivity index (χ2n) is 5.25. The fourth-order valence-corrected chi connectivity index (χ4v) is 2.71. The van der Waals surface area contributed by atoms with Crippen molar-refractivity contribution in [3.63, 3.8) is 0 Å². The Labute approximate surface area is 115 Å². The molecule has 0 aliphatic carbocycles. The first kappa shape index (κ1) is 13.5. The minimum atomic E-state index is -0.119. The van der Waals surface area contributed by atoms with Gasteiger partial charge in [0.25, 0.3) is 5.56 Å². The van der Waals surface area contributed by atoms with Gasteiger partial charge in [0.05, 0.1) is 11.9 Å². The van der Waals surface area contributed by atoms with E-state index in [1.807, 2.05) is 0 Å². The number of hydrogen-bond acceptors (Lipinski definition) is 4. The van der Waals surface area contributed by atoms with Crippen molar-refractivity contribution in [3.05, 3.63) is 21.0 Å². The molecule has 0 bridgehead atoms. The van der Waals surface area contributed by atoms with Gasteiger partial charge < -0.3 is 10.6 Å². The Balaban J connectivity index is 2.06. The number of piperidine rings is 1. The molecule has 2 heterocycles. The summed E-state index contributed by atoms with van der Waals surface area (Å²) in [6.45, 7) is 5.21. The molecule has 1 aromatic rings. The summed E-state index contributed by atoms with van der Waals surface area (Å²) >= 11 is 3.32. The summed E-state index contributed by atoms with van der Waals surface area (Å²) in [7, 11) is 1.64. The molecule has 1 fully saturated rings. The van der Waals surface area contributed by atoms with E-state index in [1.165, 1.54) is 17.5 Å². The molecule has 1 aliphatic rings. The van der Waals surface area contributed by atoms with Crippen LogP contribution in [0.2, 0.25) is 0 Å². The number of aromatic nitrogens is 2. The third kappa shape index (κ3) is 2.92. The van der Waals surface area contributed by atoms with E-state index < -0.39 is 0 Å². The van der Waals surface area contributed by atoms with Crippen LogP contribution in [0.15, 0.2) is 15.5 Å². The van der Waals surface area contributed by atoms with Crippen molar-refractivity contribution in [2.24, 2.45) is 12.5 Å². The van der Waals surface area contributed by atoms with E-state index in [1.54, 1.807) is 13.2 Å². The quantitative estimate of drug-likeness (QED) is 0.884. The second kappa shape index (κ2) is 5.40. The van der Waals surface area contributed by atoms with E-state index in [4.69, 9.17) is 0 Å². The van der Waals surface area contributed by atoms with Crippen LogP contribution in [0.3, 0.4) is 0 Å². The predicted molar refractivity (Wildman–Crippen MR) is 75.9 cm³/mol. The number of hydrogen-bond donors (Lipinski definition) is 2. The number of halogens is 1. The van der Waals surface area contributed by atoms with Crippen LogP contribution in [0.1, 0.15) is 19.8 Å². The van der Waals surface area contributed by atoms with Crippen molar-refractivity contribution in [1.29, 1.82) is 0 Å². The summed E-state index contributed by atoms with van der Waals surface area (Å²) < 4.78 is 1.87. The van der Waals surface area contributed by atoms with Gasteiger partial charge in [0.15, 0.2) is 0 Å².